The number of nitrogens with zero attached hydrogens (tertiary/aromatic N) is 1. The molecule has 1 aromatic carbocycles. The molecule has 1 atom stereocenters. The van der Waals surface area contributed by atoms with Crippen LogP contribution in [0.5, 0.6) is 0 Å². The van der Waals surface area contributed by atoms with Gasteiger partial charge in [0.25, 0.3) is 0 Å². The topological polar surface area (TPSA) is 49.4 Å². The molecule has 4 heteroatoms. The standard InChI is InChI=1S/C16H22N2O2/c1-11-5-7-13(8-6-11)14(19)12(2)18-10-9-17-15(20)16(18,3)4/h5-8,12H,9-10H2,1-4H3,(H,17,20). The van der Waals surface area contributed by atoms with Crippen molar-refractivity contribution >= 4 is 11.7 Å². The van der Waals surface area contributed by atoms with Crippen molar-refractivity contribution < 1.29 is 9.59 Å². The Morgan fingerprint density at radius 3 is 2.50 bits per heavy atom. The molecule has 20 heavy (non-hydrogen) atoms. The average Bonchev–Trinajstić information content (AvgIpc) is 2.41. The van der Waals surface area contributed by atoms with Crippen molar-refractivity contribution in [2.24, 2.45) is 0 Å². The molecule has 1 amide bonds. The van der Waals surface area contributed by atoms with Gasteiger partial charge in [-0.25, -0.2) is 0 Å². The highest BCUT2D eigenvalue weighted by Crippen LogP contribution is 2.22. The molecule has 0 aliphatic carbocycles. The Kier molecular flexibility index (Phi) is 3.95. The number of benzene rings is 1. The lowest BCUT2D eigenvalue weighted by molar-refractivity contribution is -0.135. The van der Waals surface area contributed by atoms with Crippen molar-refractivity contribution in [3.63, 3.8) is 0 Å². The van der Waals surface area contributed by atoms with Crippen LogP contribution < -0.4 is 5.32 Å². The van der Waals surface area contributed by atoms with Crippen LogP contribution >= 0.6 is 0 Å². The van der Waals surface area contributed by atoms with Gasteiger partial charge in [-0.05, 0) is 27.7 Å². The number of carbonyl (C=O) groups excluding carboxylic acids is 2. The van der Waals surface area contributed by atoms with Crippen LogP contribution in [0.15, 0.2) is 24.3 Å². The fourth-order valence-electron chi connectivity index (χ4n) is 2.69. The zero-order valence-corrected chi connectivity index (χ0v) is 12.6. The minimum absolute atomic E-state index is 0.0210. The number of ketones is 1. The van der Waals surface area contributed by atoms with Crippen LogP contribution in [0, 0.1) is 6.92 Å². The van der Waals surface area contributed by atoms with E-state index in [0.717, 1.165) is 5.56 Å². The van der Waals surface area contributed by atoms with Gasteiger partial charge < -0.3 is 5.32 Å². The van der Waals surface area contributed by atoms with Gasteiger partial charge >= 0.3 is 0 Å². The molecule has 1 fully saturated rings. The van der Waals surface area contributed by atoms with Gasteiger partial charge in [-0.1, -0.05) is 29.8 Å². The Labute approximate surface area is 120 Å². The SMILES string of the molecule is Cc1ccc(C(=O)C(C)N2CCNC(=O)C2(C)C)cc1. The van der Waals surface area contributed by atoms with E-state index in [1.165, 1.54) is 0 Å². The van der Waals surface area contributed by atoms with E-state index >= 15 is 0 Å². The normalized spacial score (nSPS) is 20.3. The van der Waals surface area contributed by atoms with Crippen molar-refractivity contribution in [2.45, 2.75) is 39.3 Å². The van der Waals surface area contributed by atoms with E-state index in [-0.39, 0.29) is 17.7 Å². The maximum absolute atomic E-state index is 12.6. The zero-order valence-electron chi connectivity index (χ0n) is 12.6. The molecule has 1 aromatic rings. The van der Waals surface area contributed by atoms with Crippen molar-refractivity contribution in [1.29, 1.82) is 0 Å². The number of aryl methyl sites for hydroxylation is 1. The Morgan fingerprint density at radius 1 is 1.30 bits per heavy atom. The number of rotatable bonds is 3. The number of carbonyl (C=O) groups is 2. The van der Waals surface area contributed by atoms with Gasteiger partial charge in [0.15, 0.2) is 5.78 Å². The van der Waals surface area contributed by atoms with Crippen LogP contribution in [0.3, 0.4) is 0 Å². The van der Waals surface area contributed by atoms with Gasteiger partial charge in [0.05, 0.1) is 11.6 Å². The Bertz CT molecular complexity index is 520. The summed E-state index contributed by atoms with van der Waals surface area (Å²) < 4.78 is 0. The summed E-state index contributed by atoms with van der Waals surface area (Å²) in [5.74, 6) is 0.0417. The van der Waals surface area contributed by atoms with E-state index in [4.69, 9.17) is 0 Å². The summed E-state index contributed by atoms with van der Waals surface area (Å²) in [5, 5.41) is 2.85. The predicted molar refractivity (Wildman–Crippen MR) is 78.8 cm³/mol. The maximum atomic E-state index is 12.6. The molecule has 1 N–H and O–H groups in total. The van der Waals surface area contributed by atoms with Gasteiger partial charge in [0.1, 0.15) is 0 Å². The first kappa shape index (κ1) is 14.7. The first-order valence-electron chi connectivity index (χ1n) is 7.00. The number of amides is 1. The van der Waals surface area contributed by atoms with E-state index < -0.39 is 5.54 Å². The largest absolute Gasteiger partial charge is 0.353 e. The third kappa shape index (κ3) is 2.61. The minimum Gasteiger partial charge on any atom is -0.353 e. The molecule has 1 aliphatic rings. The zero-order chi connectivity index (χ0) is 14.9. The van der Waals surface area contributed by atoms with Gasteiger partial charge in [0.2, 0.25) is 5.91 Å². The van der Waals surface area contributed by atoms with Crippen LogP contribution in [0.4, 0.5) is 0 Å². The number of hydrogen-bond donors (Lipinski definition) is 1. The average molecular weight is 274 g/mol. The minimum atomic E-state index is -0.655. The number of hydrogen-bond acceptors (Lipinski definition) is 3. The van der Waals surface area contributed by atoms with Crippen molar-refractivity contribution in [2.75, 3.05) is 13.1 Å². The highest BCUT2D eigenvalue weighted by molar-refractivity contribution is 6.00. The molecule has 1 unspecified atom stereocenters. The van der Waals surface area contributed by atoms with Gasteiger partial charge in [0, 0.05) is 18.7 Å². The molecule has 0 spiro atoms. The molecule has 1 aliphatic heterocycles. The second-order valence-electron chi connectivity index (χ2n) is 5.91. The smallest absolute Gasteiger partial charge is 0.240 e. The molecule has 2 rings (SSSR count). The summed E-state index contributed by atoms with van der Waals surface area (Å²) in [7, 11) is 0. The first-order valence-corrected chi connectivity index (χ1v) is 7.00. The molecule has 0 radical (unpaired) electrons. The summed E-state index contributed by atoms with van der Waals surface area (Å²) in [6, 6.07) is 7.28. The molecule has 108 valence electrons. The molecule has 4 nitrogen and oxygen atoms in total. The molecule has 0 bridgehead atoms. The van der Waals surface area contributed by atoms with Crippen molar-refractivity contribution in [1.82, 2.24) is 10.2 Å². The molecule has 1 saturated heterocycles. The maximum Gasteiger partial charge on any atom is 0.240 e. The highest BCUT2D eigenvalue weighted by atomic mass is 16.2. The second kappa shape index (κ2) is 5.37. The summed E-state index contributed by atoms with van der Waals surface area (Å²) in [6.07, 6.45) is 0. The van der Waals surface area contributed by atoms with Crippen molar-refractivity contribution in [3.05, 3.63) is 35.4 Å². The number of Topliss-reactive ketones (excluding diaryl/α,β-unsaturated/α-hetero) is 1. The molecule has 0 aromatic heterocycles. The fraction of sp³-hybridized carbons (Fsp3) is 0.500. The first-order chi connectivity index (χ1) is 9.34. The van der Waals surface area contributed by atoms with Gasteiger partial charge in [-0.2, -0.15) is 0 Å². The molecular formula is C16H22N2O2. The Morgan fingerprint density at radius 2 is 1.90 bits per heavy atom. The quantitative estimate of drug-likeness (QED) is 0.855. The van der Waals surface area contributed by atoms with Crippen LogP contribution in [0.25, 0.3) is 0 Å². The fourth-order valence-corrected chi connectivity index (χ4v) is 2.69. The Balaban J connectivity index is 2.21. The summed E-state index contributed by atoms with van der Waals surface area (Å²) in [5.41, 5.74) is 1.18. The number of nitrogens with one attached hydrogen (secondary N) is 1. The van der Waals surface area contributed by atoms with Crippen LogP contribution in [-0.4, -0.2) is 41.3 Å². The summed E-state index contributed by atoms with van der Waals surface area (Å²) >= 11 is 0. The second-order valence-corrected chi connectivity index (χ2v) is 5.91. The highest BCUT2D eigenvalue weighted by Gasteiger charge is 2.41. The van der Waals surface area contributed by atoms with Crippen LogP contribution in [0.1, 0.15) is 36.7 Å². The third-order valence-corrected chi connectivity index (χ3v) is 4.10. The van der Waals surface area contributed by atoms with E-state index in [1.807, 2.05) is 56.9 Å². The Hall–Kier alpha value is -1.68. The van der Waals surface area contributed by atoms with Crippen LogP contribution in [0.2, 0.25) is 0 Å². The molecular weight excluding hydrogens is 252 g/mol. The van der Waals surface area contributed by atoms with E-state index in [1.54, 1.807) is 0 Å². The predicted octanol–water partition coefficient (Wildman–Crippen LogP) is 1.78. The summed E-state index contributed by atoms with van der Waals surface area (Å²) in [6.45, 7) is 8.88. The lowest BCUT2D eigenvalue weighted by atomic mass is 9.93. The molecule has 1 heterocycles. The van der Waals surface area contributed by atoms with Gasteiger partial charge in [-0.15, -0.1) is 0 Å². The van der Waals surface area contributed by atoms with E-state index in [9.17, 15) is 9.59 Å². The monoisotopic (exact) mass is 274 g/mol. The van der Waals surface area contributed by atoms with E-state index in [2.05, 4.69) is 5.32 Å². The lowest BCUT2D eigenvalue weighted by Crippen LogP contribution is -2.65. The number of piperazine rings is 1. The lowest BCUT2D eigenvalue weighted by Gasteiger charge is -2.44. The third-order valence-electron chi connectivity index (χ3n) is 4.10. The van der Waals surface area contributed by atoms with Gasteiger partial charge in [-0.3, -0.25) is 14.5 Å². The molecule has 0 saturated carbocycles. The van der Waals surface area contributed by atoms with Crippen LogP contribution in [-0.2, 0) is 4.79 Å². The van der Waals surface area contributed by atoms with E-state index in [0.29, 0.717) is 18.7 Å². The van der Waals surface area contributed by atoms with Crippen molar-refractivity contribution in [3.8, 4) is 0 Å². The summed E-state index contributed by atoms with van der Waals surface area (Å²) in [4.78, 5) is 26.5.